The molecule has 6 heteroatoms. The Morgan fingerprint density at radius 1 is 1.22 bits per heavy atom. The molecule has 1 aromatic carbocycles. The molecule has 0 aromatic heterocycles. The molecule has 1 atom stereocenters. The number of rotatable bonds is 9. The van der Waals surface area contributed by atoms with Gasteiger partial charge in [0.05, 0.1) is 11.8 Å². The summed E-state index contributed by atoms with van der Waals surface area (Å²) in [5, 5.41) is 2.90. The summed E-state index contributed by atoms with van der Waals surface area (Å²) in [4.78, 5) is 12.1. The molecule has 5 nitrogen and oxygen atoms in total. The molecule has 0 fully saturated rings. The Balaban J connectivity index is 2.70. The minimum Gasteiger partial charge on any atom is -0.354 e. The molecule has 0 aliphatic heterocycles. The third kappa shape index (κ3) is 5.95. The molecule has 0 aliphatic carbocycles. The number of carbonyl (C=O) groups is 1. The van der Waals surface area contributed by atoms with Gasteiger partial charge in [-0.15, -0.1) is 0 Å². The first kappa shape index (κ1) is 19.6. The number of nitrogens with two attached hydrogens (primary N) is 1. The van der Waals surface area contributed by atoms with Gasteiger partial charge >= 0.3 is 0 Å². The van der Waals surface area contributed by atoms with Crippen molar-refractivity contribution in [2.24, 2.45) is 5.73 Å². The summed E-state index contributed by atoms with van der Waals surface area (Å²) >= 11 is 0. The second-order valence-electron chi connectivity index (χ2n) is 6.10. The molecule has 1 aromatic rings. The van der Waals surface area contributed by atoms with Gasteiger partial charge in [0.2, 0.25) is 5.91 Å². The Bertz CT molecular complexity index is 596. The lowest BCUT2D eigenvalue weighted by molar-refractivity contribution is -0.122. The van der Waals surface area contributed by atoms with E-state index in [0.717, 1.165) is 19.1 Å². The molecule has 1 amide bonds. The van der Waals surface area contributed by atoms with Crippen molar-refractivity contribution in [3.63, 3.8) is 0 Å². The normalized spacial score (nSPS) is 13.6. The van der Waals surface area contributed by atoms with Crippen LogP contribution < -0.4 is 11.1 Å². The molecular formula is C17H28N2O3S. The Morgan fingerprint density at radius 2 is 1.78 bits per heavy atom. The van der Waals surface area contributed by atoms with Crippen molar-refractivity contribution in [2.75, 3.05) is 18.6 Å². The molecule has 0 saturated carbocycles. The van der Waals surface area contributed by atoms with Crippen LogP contribution in [0.2, 0.25) is 0 Å². The van der Waals surface area contributed by atoms with Gasteiger partial charge in [-0.05, 0) is 24.8 Å². The van der Waals surface area contributed by atoms with Crippen molar-refractivity contribution >= 4 is 15.7 Å². The van der Waals surface area contributed by atoms with E-state index < -0.39 is 15.9 Å². The zero-order chi connectivity index (χ0) is 17.5. The van der Waals surface area contributed by atoms with E-state index in [2.05, 4.69) is 31.3 Å². The minimum atomic E-state index is -3.11. The number of hydrogen-bond acceptors (Lipinski definition) is 4. The highest BCUT2D eigenvalue weighted by Crippen LogP contribution is 2.30. The lowest BCUT2D eigenvalue weighted by Crippen LogP contribution is -2.47. The van der Waals surface area contributed by atoms with Crippen LogP contribution in [0.4, 0.5) is 0 Å². The zero-order valence-corrected chi connectivity index (χ0v) is 15.0. The van der Waals surface area contributed by atoms with Crippen LogP contribution >= 0.6 is 0 Å². The fourth-order valence-electron chi connectivity index (χ4n) is 2.66. The first-order valence-electron chi connectivity index (χ1n) is 8.00. The van der Waals surface area contributed by atoms with Gasteiger partial charge in [-0.3, -0.25) is 4.79 Å². The third-order valence-corrected chi connectivity index (χ3v) is 5.45. The summed E-state index contributed by atoms with van der Waals surface area (Å²) in [6.07, 6.45) is 3.08. The second kappa shape index (κ2) is 8.45. The lowest BCUT2D eigenvalue weighted by Gasteiger charge is -2.33. The summed E-state index contributed by atoms with van der Waals surface area (Å²) in [6, 6.07) is 9.31. The van der Waals surface area contributed by atoms with Gasteiger partial charge in [0.1, 0.15) is 9.84 Å². The summed E-state index contributed by atoms with van der Waals surface area (Å²) < 4.78 is 22.3. The van der Waals surface area contributed by atoms with E-state index in [0.29, 0.717) is 6.54 Å². The number of benzene rings is 1. The first-order chi connectivity index (χ1) is 10.7. The van der Waals surface area contributed by atoms with Crippen LogP contribution in [0.3, 0.4) is 0 Å². The number of amides is 1. The maximum atomic E-state index is 12.1. The largest absolute Gasteiger partial charge is 0.354 e. The summed E-state index contributed by atoms with van der Waals surface area (Å²) in [5.74, 6) is -0.372. The van der Waals surface area contributed by atoms with Crippen LogP contribution in [0.15, 0.2) is 30.3 Å². The highest BCUT2D eigenvalue weighted by atomic mass is 32.2. The topological polar surface area (TPSA) is 89.3 Å². The average molecular weight is 340 g/mol. The highest BCUT2D eigenvalue weighted by molar-refractivity contribution is 7.90. The van der Waals surface area contributed by atoms with Crippen molar-refractivity contribution in [1.29, 1.82) is 0 Å². The minimum absolute atomic E-state index is 0.0764. The van der Waals surface area contributed by atoms with Crippen molar-refractivity contribution in [2.45, 2.75) is 44.6 Å². The molecule has 0 aliphatic rings. The number of hydrogen-bond donors (Lipinski definition) is 2. The molecule has 0 saturated heterocycles. The Kier molecular flexibility index (Phi) is 7.22. The van der Waals surface area contributed by atoms with Crippen LogP contribution in [0.1, 0.15) is 38.7 Å². The van der Waals surface area contributed by atoms with E-state index in [4.69, 9.17) is 5.73 Å². The van der Waals surface area contributed by atoms with Crippen molar-refractivity contribution in [3.05, 3.63) is 35.9 Å². The van der Waals surface area contributed by atoms with E-state index in [1.165, 1.54) is 5.56 Å². The van der Waals surface area contributed by atoms with Crippen LogP contribution in [0.5, 0.6) is 0 Å². The van der Waals surface area contributed by atoms with Gasteiger partial charge in [-0.2, -0.15) is 0 Å². The molecule has 0 heterocycles. The van der Waals surface area contributed by atoms with Gasteiger partial charge in [0.25, 0.3) is 0 Å². The molecule has 3 N–H and O–H groups in total. The molecule has 130 valence electrons. The van der Waals surface area contributed by atoms with Crippen LogP contribution in [0, 0.1) is 0 Å². The predicted molar refractivity (Wildman–Crippen MR) is 94.0 cm³/mol. The molecule has 0 bridgehead atoms. The average Bonchev–Trinajstić information content (AvgIpc) is 2.54. The zero-order valence-electron chi connectivity index (χ0n) is 14.2. The van der Waals surface area contributed by atoms with E-state index in [-0.39, 0.29) is 23.5 Å². The molecule has 23 heavy (non-hydrogen) atoms. The molecular weight excluding hydrogens is 312 g/mol. The monoisotopic (exact) mass is 340 g/mol. The van der Waals surface area contributed by atoms with Crippen molar-refractivity contribution < 1.29 is 13.2 Å². The smallest absolute Gasteiger partial charge is 0.236 e. The summed E-state index contributed by atoms with van der Waals surface area (Å²) in [5.41, 5.74) is 6.86. The molecule has 0 spiro atoms. The Morgan fingerprint density at radius 3 is 2.26 bits per heavy atom. The first-order valence-corrected chi connectivity index (χ1v) is 10.1. The number of sulfone groups is 1. The van der Waals surface area contributed by atoms with Gasteiger partial charge in [0, 0.05) is 18.2 Å². The lowest BCUT2D eigenvalue weighted by atomic mass is 9.76. The van der Waals surface area contributed by atoms with E-state index in [1.54, 1.807) is 0 Å². The molecule has 0 radical (unpaired) electrons. The summed E-state index contributed by atoms with van der Waals surface area (Å²) in [7, 11) is -3.11. The SMILES string of the molecule is CCC(CC)(CNC(=O)C(N)CCS(C)(=O)=O)c1ccccc1. The number of nitrogens with one attached hydrogen (secondary N) is 1. The van der Waals surface area contributed by atoms with Gasteiger partial charge in [-0.25, -0.2) is 8.42 Å². The van der Waals surface area contributed by atoms with Gasteiger partial charge in [-0.1, -0.05) is 44.2 Å². The van der Waals surface area contributed by atoms with Gasteiger partial charge < -0.3 is 11.1 Å². The fraction of sp³-hybridized carbons (Fsp3) is 0.588. The van der Waals surface area contributed by atoms with Gasteiger partial charge in [0.15, 0.2) is 0 Å². The molecule has 1 unspecified atom stereocenters. The Labute approximate surface area is 139 Å². The second-order valence-corrected chi connectivity index (χ2v) is 8.36. The predicted octanol–water partition coefficient (Wildman–Crippen LogP) is 1.62. The molecule has 1 rings (SSSR count). The summed E-state index contributed by atoms with van der Waals surface area (Å²) in [6.45, 7) is 4.70. The Hall–Kier alpha value is -1.40. The van der Waals surface area contributed by atoms with Crippen LogP contribution in [0.25, 0.3) is 0 Å². The van der Waals surface area contributed by atoms with Crippen molar-refractivity contribution in [1.82, 2.24) is 5.32 Å². The van der Waals surface area contributed by atoms with Crippen molar-refractivity contribution in [3.8, 4) is 0 Å². The highest BCUT2D eigenvalue weighted by Gasteiger charge is 2.29. The third-order valence-electron chi connectivity index (χ3n) is 4.48. The van der Waals surface area contributed by atoms with E-state index in [9.17, 15) is 13.2 Å². The van der Waals surface area contributed by atoms with Crippen LogP contribution in [-0.4, -0.2) is 38.9 Å². The maximum Gasteiger partial charge on any atom is 0.236 e. The number of carbonyl (C=O) groups excluding carboxylic acids is 1. The van der Waals surface area contributed by atoms with Crippen LogP contribution in [-0.2, 0) is 20.0 Å². The van der Waals surface area contributed by atoms with E-state index >= 15 is 0 Å². The van der Waals surface area contributed by atoms with E-state index in [1.807, 2.05) is 18.2 Å². The standard InChI is InChI=1S/C17H28N2O3S/c1-4-17(5-2,14-9-7-6-8-10-14)13-19-16(20)15(18)11-12-23(3,21)22/h6-10,15H,4-5,11-13,18H2,1-3H3,(H,19,20). The maximum absolute atomic E-state index is 12.1. The fourth-order valence-corrected chi connectivity index (χ4v) is 3.34. The quantitative estimate of drug-likeness (QED) is 0.715.